The molecule has 1 rings (SSSR count). The predicted octanol–water partition coefficient (Wildman–Crippen LogP) is -0.437. The highest BCUT2D eigenvalue weighted by atomic mass is 32.2. The first kappa shape index (κ1) is 8.92. The molecule has 1 aromatic rings. The smallest absolute Gasteiger partial charge is 0.311 e. The lowest BCUT2D eigenvalue weighted by molar-refractivity contribution is 0.596. The Morgan fingerprint density at radius 2 is 2.25 bits per heavy atom. The molecule has 0 spiro atoms. The molecule has 0 aliphatic rings. The molecular weight excluding hydrogens is 180 g/mol. The third-order valence-corrected chi connectivity index (χ3v) is 3.09. The van der Waals surface area contributed by atoms with Crippen molar-refractivity contribution in [3.8, 4) is 0 Å². The molecule has 5 nitrogen and oxygen atoms in total. The maximum atomic E-state index is 11.2. The summed E-state index contributed by atoms with van der Waals surface area (Å²) in [5.74, 6) is 0.000718. The third-order valence-electron chi connectivity index (χ3n) is 1.39. The minimum atomic E-state index is -3.25. The van der Waals surface area contributed by atoms with Crippen LogP contribution in [0, 0.1) is 0 Å². The van der Waals surface area contributed by atoms with Gasteiger partial charge < -0.3 is 4.98 Å². The van der Waals surface area contributed by atoms with Gasteiger partial charge in [0.05, 0.1) is 11.9 Å². The molecule has 0 aromatic carbocycles. The van der Waals surface area contributed by atoms with Crippen LogP contribution in [-0.2, 0) is 9.84 Å². The zero-order chi connectivity index (χ0) is 9.19. The van der Waals surface area contributed by atoms with E-state index in [4.69, 9.17) is 0 Å². The minimum Gasteiger partial charge on any atom is -0.311 e. The van der Waals surface area contributed by atoms with Gasteiger partial charge in [-0.2, -0.15) is 0 Å². The van der Waals surface area contributed by atoms with Gasteiger partial charge in [0.15, 0.2) is 9.84 Å². The van der Waals surface area contributed by atoms with Gasteiger partial charge in [-0.1, -0.05) is 6.92 Å². The van der Waals surface area contributed by atoms with Crippen molar-refractivity contribution in [2.45, 2.75) is 11.8 Å². The summed E-state index contributed by atoms with van der Waals surface area (Å²) in [5.41, 5.74) is -0.551. The van der Waals surface area contributed by atoms with E-state index in [1.807, 2.05) is 0 Å². The topological polar surface area (TPSA) is 79.9 Å². The summed E-state index contributed by atoms with van der Waals surface area (Å²) in [7, 11) is -3.25. The van der Waals surface area contributed by atoms with Crippen LogP contribution in [0.1, 0.15) is 6.92 Å². The summed E-state index contributed by atoms with van der Waals surface area (Å²) in [6, 6.07) is 0. The van der Waals surface area contributed by atoms with E-state index in [1.54, 1.807) is 0 Å². The first-order chi connectivity index (χ1) is 5.56. The van der Waals surface area contributed by atoms with E-state index in [1.165, 1.54) is 6.92 Å². The Kier molecular flexibility index (Phi) is 2.27. The van der Waals surface area contributed by atoms with Gasteiger partial charge in [0.2, 0.25) is 0 Å². The number of sulfone groups is 1. The SMILES string of the molecule is CCS(=O)(=O)c1cnc(=O)[nH]c1. The first-order valence-electron chi connectivity index (χ1n) is 3.34. The molecule has 0 aliphatic carbocycles. The summed E-state index contributed by atoms with van der Waals surface area (Å²) >= 11 is 0. The van der Waals surface area contributed by atoms with Crippen LogP contribution in [0.5, 0.6) is 0 Å². The number of hydrogen-bond acceptors (Lipinski definition) is 4. The first-order valence-corrected chi connectivity index (χ1v) is 4.99. The fourth-order valence-corrected chi connectivity index (χ4v) is 1.45. The average molecular weight is 188 g/mol. The number of aromatic nitrogens is 2. The second-order valence-electron chi connectivity index (χ2n) is 2.16. The number of hydrogen-bond donors (Lipinski definition) is 1. The van der Waals surface area contributed by atoms with Crippen LogP contribution >= 0.6 is 0 Å². The summed E-state index contributed by atoms with van der Waals surface area (Å²) in [6.45, 7) is 1.53. The number of H-pyrrole nitrogens is 1. The number of nitrogens with one attached hydrogen (secondary N) is 1. The Hall–Kier alpha value is -1.17. The molecule has 1 aromatic heterocycles. The summed E-state index contributed by atoms with van der Waals surface area (Å²) < 4.78 is 22.3. The quantitative estimate of drug-likeness (QED) is 0.682. The molecule has 0 fully saturated rings. The van der Waals surface area contributed by atoms with Crippen molar-refractivity contribution < 1.29 is 8.42 Å². The molecular formula is C6H8N2O3S. The van der Waals surface area contributed by atoms with Gasteiger partial charge in [0.1, 0.15) is 4.90 Å². The van der Waals surface area contributed by atoms with Crippen LogP contribution in [0.15, 0.2) is 22.1 Å². The Bertz CT molecular complexity index is 400. The lowest BCUT2D eigenvalue weighted by atomic mass is 10.7. The van der Waals surface area contributed by atoms with E-state index >= 15 is 0 Å². The van der Waals surface area contributed by atoms with Crippen LogP contribution in [-0.4, -0.2) is 24.1 Å². The number of rotatable bonds is 2. The van der Waals surface area contributed by atoms with E-state index in [0.29, 0.717) is 0 Å². The highest BCUT2D eigenvalue weighted by molar-refractivity contribution is 7.91. The van der Waals surface area contributed by atoms with Crippen molar-refractivity contribution in [1.82, 2.24) is 9.97 Å². The monoisotopic (exact) mass is 188 g/mol. The van der Waals surface area contributed by atoms with Crippen LogP contribution < -0.4 is 5.69 Å². The summed E-state index contributed by atoms with van der Waals surface area (Å²) in [6.07, 6.45) is 2.20. The van der Waals surface area contributed by atoms with Gasteiger partial charge in [0, 0.05) is 6.20 Å². The fraction of sp³-hybridized carbons (Fsp3) is 0.333. The fourth-order valence-electron chi connectivity index (χ4n) is 0.666. The Labute approximate surface area is 69.4 Å². The van der Waals surface area contributed by atoms with Crippen LogP contribution in [0.3, 0.4) is 0 Å². The molecule has 12 heavy (non-hydrogen) atoms. The van der Waals surface area contributed by atoms with Crippen molar-refractivity contribution in [2.75, 3.05) is 5.75 Å². The van der Waals surface area contributed by atoms with Gasteiger partial charge in [-0.15, -0.1) is 0 Å². The van der Waals surface area contributed by atoms with Gasteiger partial charge in [-0.05, 0) is 0 Å². The molecule has 0 bridgehead atoms. The molecule has 0 aliphatic heterocycles. The van der Waals surface area contributed by atoms with Crippen LogP contribution in [0.25, 0.3) is 0 Å². The van der Waals surface area contributed by atoms with Crippen molar-refractivity contribution in [2.24, 2.45) is 0 Å². The molecule has 0 radical (unpaired) electrons. The lowest BCUT2D eigenvalue weighted by Gasteiger charge is -1.97. The second-order valence-corrected chi connectivity index (χ2v) is 4.44. The molecule has 0 saturated heterocycles. The van der Waals surface area contributed by atoms with E-state index in [-0.39, 0.29) is 10.6 Å². The normalized spacial score (nSPS) is 11.4. The Balaban J connectivity index is 3.23. The van der Waals surface area contributed by atoms with Crippen molar-refractivity contribution >= 4 is 9.84 Å². The van der Waals surface area contributed by atoms with Gasteiger partial charge in [-0.3, -0.25) is 0 Å². The predicted molar refractivity (Wildman–Crippen MR) is 42.6 cm³/mol. The summed E-state index contributed by atoms with van der Waals surface area (Å²) in [4.78, 5) is 16.0. The van der Waals surface area contributed by atoms with E-state index in [0.717, 1.165) is 12.4 Å². The third kappa shape index (κ3) is 1.70. The zero-order valence-electron chi connectivity index (χ0n) is 6.44. The molecule has 0 amide bonds. The van der Waals surface area contributed by atoms with Gasteiger partial charge in [0.25, 0.3) is 0 Å². The van der Waals surface area contributed by atoms with Crippen molar-refractivity contribution in [3.63, 3.8) is 0 Å². The molecule has 0 unspecified atom stereocenters. The van der Waals surface area contributed by atoms with E-state index < -0.39 is 15.5 Å². The van der Waals surface area contributed by atoms with Crippen molar-refractivity contribution in [1.29, 1.82) is 0 Å². The molecule has 1 N–H and O–H groups in total. The number of aromatic amines is 1. The van der Waals surface area contributed by atoms with Crippen LogP contribution in [0.4, 0.5) is 0 Å². The second kappa shape index (κ2) is 3.06. The average Bonchev–Trinajstić information content (AvgIpc) is 2.05. The number of nitrogens with zero attached hydrogens (tertiary/aromatic N) is 1. The summed E-state index contributed by atoms with van der Waals surface area (Å²) in [5, 5.41) is 0. The van der Waals surface area contributed by atoms with E-state index in [2.05, 4.69) is 9.97 Å². The molecule has 0 atom stereocenters. The lowest BCUT2D eigenvalue weighted by Crippen LogP contribution is -2.12. The Morgan fingerprint density at radius 1 is 1.58 bits per heavy atom. The van der Waals surface area contributed by atoms with Gasteiger partial charge >= 0.3 is 5.69 Å². The molecule has 6 heteroatoms. The van der Waals surface area contributed by atoms with E-state index in [9.17, 15) is 13.2 Å². The Morgan fingerprint density at radius 3 is 2.67 bits per heavy atom. The minimum absolute atomic E-state index is 0.000718. The van der Waals surface area contributed by atoms with Crippen LogP contribution in [0.2, 0.25) is 0 Å². The van der Waals surface area contributed by atoms with Gasteiger partial charge in [-0.25, -0.2) is 18.2 Å². The highest BCUT2D eigenvalue weighted by Crippen LogP contribution is 2.04. The largest absolute Gasteiger partial charge is 0.344 e. The molecule has 0 saturated carbocycles. The maximum absolute atomic E-state index is 11.2. The zero-order valence-corrected chi connectivity index (χ0v) is 7.26. The standard InChI is InChI=1S/C6H8N2O3S/c1-2-12(10,11)5-3-7-6(9)8-4-5/h3-4H,2H2,1H3,(H,7,8,9). The molecule has 66 valence electrons. The highest BCUT2D eigenvalue weighted by Gasteiger charge is 2.10. The maximum Gasteiger partial charge on any atom is 0.344 e. The van der Waals surface area contributed by atoms with Crippen molar-refractivity contribution in [3.05, 3.63) is 22.9 Å². The molecule has 1 heterocycles.